The molecule has 49 valence electrons. The van der Waals surface area contributed by atoms with Crippen LogP contribution in [0.25, 0.3) is 0 Å². The monoisotopic (exact) mass is 319 g/mol. The fourth-order valence-electron chi connectivity index (χ4n) is 0.560. The Balaban J connectivity index is 0.000000810. The molecule has 0 aliphatic rings. The van der Waals surface area contributed by atoms with Crippen LogP contribution in [0.5, 0.6) is 0 Å². The first-order valence-corrected chi connectivity index (χ1v) is 4.98. The average Bonchev–Trinajstić information content (AvgIpc) is 1.91. The predicted molar refractivity (Wildman–Crippen MR) is 34.0 cm³/mol. The van der Waals surface area contributed by atoms with Gasteiger partial charge in [-0.1, -0.05) is 18.2 Å². The second kappa shape index (κ2) is 6.50. The van der Waals surface area contributed by atoms with E-state index in [-0.39, 0.29) is 53.9 Å². The van der Waals surface area contributed by atoms with Gasteiger partial charge in [0.05, 0.1) is 0 Å². The molecule has 2 heteroatoms. The molecule has 1 aromatic carbocycles. The van der Waals surface area contributed by atoms with E-state index in [1.54, 1.807) is 4.08 Å². The van der Waals surface area contributed by atoms with Gasteiger partial charge in [0.2, 0.25) is 0 Å². The van der Waals surface area contributed by atoms with Gasteiger partial charge in [0.25, 0.3) is 0 Å². The van der Waals surface area contributed by atoms with Crippen LogP contribution < -0.4 is 21.2 Å². The Hall–Kier alpha value is 0.794. The molecule has 0 spiro atoms. The van der Waals surface area contributed by atoms with Crippen molar-refractivity contribution in [2.24, 2.45) is 0 Å². The second-order valence-corrected chi connectivity index (χ2v) is 4.12. The molecule has 1 aromatic rings. The number of hydrogen-bond acceptors (Lipinski definition) is 0. The Kier molecular flexibility index (Phi) is 7.02. The van der Waals surface area contributed by atoms with E-state index >= 15 is 0 Å². The predicted octanol–water partition coefficient (Wildman–Crippen LogP) is -1.11. The summed E-state index contributed by atoms with van der Waals surface area (Å²) < 4.78 is 3.15. The first-order valence-electron chi connectivity index (χ1n) is 2.65. The van der Waals surface area contributed by atoms with Crippen LogP contribution in [0.4, 0.5) is 0 Å². The van der Waals surface area contributed by atoms with Crippen molar-refractivity contribution in [3.05, 3.63) is 44.6 Å². The van der Waals surface area contributed by atoms with E-state index in [9.17, 15) is 0 Å². The van der Waals surface area contributed by atoms with Gasteiger partial charge in [-0.05, 0) is 16.2 Å². The van der Waals surface area contributed by atoms with Crippen LogP contribution in [-0.2, 0) is 32.7 Å². The molecule has 0 bridgehead atoms. The van der Waals surface area contributed by atoms with Crippen LogP contribution in [0.15, 0.2) is 34.4 Å². The van der Waals surface area contributed by atoms with Gasteiger partial charge in [-0.2, -0.15) is 0 Å². The van der Waals surface area contributed by atoms with Gasteiger partial charge in [-0.15, -0.1) is 0 Å². The van der Waals surface area contributed by atoms with Gasteiger partial charge in [0.1, 0.15) is 0 Å². The fraction of sp³-hybridized carbons (Fsp3) is 0. The summed E-state index contributed by atoms with van der Waals surface area (Å²) in [6.07, 6.45) is 0. The van der Waals surface area contributed by atoms with E-state index in [4.69, 9.17) is 6.58 Å². The van der Waals surface area contributed by atoms with Crippen LogP contribution >= 0.6 is 0 Å². The fourth-order valence-corrected chi connectivity index (χ4v) is 1.81. The van der Waals surface area contributed by atoms with E-state index in [1.807, 2.05) is 18.2 Å². The smallest absolute Gasteiger partial charge is 0.308 e. The molecule has 1 radical (unpaired) electrons. The molecule has 0 fully saturated rings. The topological polar surface area (TPSA) is 0 Å². The molecule has 10 heavy (non-hydrogen) atoms. The van der Waals surface area contributed by atoms with Crippen LogP contribution in [0.3, 0.4) is 0 Å². The summed E-state index contributed by atoms with van der Waals surface area (Å²) >= 11 is -0.0173. The van der Waals surface area contributed by atoms with E-state index in [0.29, 0.717) is 0 Å². The van der Waals surface area contributed by atoms with Crippen molar-refractivity contribution >= 4 is 0 Å². The molecule has 0 aliphatic carbocycles. The summed E-state index contributed by atoms with van der Waals surface area (Å²) in [5, 5.41) is 0. The van der Waals surface area contributed by atoms with Crippen molar-refractivity contribution in [2.45, 2.75) is 0 Å². The van der Waals surface area contributed by atoms with Crippen LogP contribution in [0.2, 0.25) is 0 Å². The molecular weight excluding hydrogens is 312 g/mol. The quantitative estimate of drug-likeness (QED) is 0.479. The molecule has 0 saturated carbocycles. The molecule has 0 atom stereocenters. The minimum absolute atomic E-state index is 0. The standard InChI is InChI=1S/C8H7I.Y/c1-2-9-8-6-4-3-5-7-8;/h1-7H;. The largest absolute Gasteiger partial charge is 0.465 e. The molecule has 0 aliphatic heterocycles. The summed E-state index contributed by atoms with van der Waals surface area (Å²) in [5.74, 6) is 0. The Labute approximate surface area is 97.2 Å². The molecule has 0 unspecified atom stereocenters. The Morgan fingerprint density at radius 2 is 1.80 bits per heavy atom. The van der Waals surface area contributed by atoms with Crippen molar-refractivity contribution in [1.29, 1.82) is 0 Å². The molecular formula is C8H7IY. The van der Waals surface area contributed by atoms with Gasteiger partial charge >= 0.3 is 21.2 Å². The zero-order valence-electron chi connectivity index (χ0n) is 5.50. The Morgan fingerprint density at radius 1 is 1.20 bits per heavy atom. The first-order chi connectivity index (χ1) is 4.43. The van der Waals surface area contributed by atoms with E-state index in [1.165, 1.54) is 3.57 Å². The summed E-state index contributed by atoms with van der Waals surface area (Å²) in [5.41, 5.74) is 0. The molecule has 0 aromatic heterocycles. The third-order valence-corrected chi connectivity index (χ3v) is 2.72. The molecule has 0 amide bonds. The summed E-state index contributed by atoms with van der Waals surface area (Å²) in [6.45, 7) is 5.28. The molecule has 0 N–H and O–H groups in total. The normalized spacial score (nSPS) is 8.00. The maximum atomic E-state index is 5.28. The number of halogens is 1. The second-order valence-electron chi connectivity index (χ2n) is 1.53. The van der Waals surface area contributed by atoms with Crippen LogP contribution in [-0.4, -0.2) is 0 Å². The van der Waals surface area contributed by atoms with Gasteiger partial charge < -0.3 is 6.58 Å². The minimum Gasteiger partial charge on any atom is -0.465 e. The van der Waals surface area contributed by atoms with E-state index < -0.39 is 0 Å². The Morgan fingerprint density at radius 3 is 2.30 bits per heavy atom. The number of benzene rings is 1. The maximum absolute atomic E-state index is 5.28. The third kappa shape index (κ3) is 3.84. The van der Waals surface area contributed by atoms with Crippen molar-refractivity contribution in [2.75, 3.05) is 0 Å². The minimum atomic E-state index is -0.0173. The van der Waals surface area contributed by atoms with E-state index in [0.717, 1.165) is 0 Å². The molecule has 0 heterocycles. The number of hydrogen-bond donors (Lipinski definition) is 0. The first kappa shape index (κ1) is 10.8. The van der Waals surface area contributed by atoms with Crippen molar-refractivity contribution in [1.82, 2.24) is 0 Å². The van der Waals surface area contributed by atoms with Crippen LogP contribution in [0, 0.1) is 10.1 Å². The average molecular weight is 319 g/mol. The van der Waals surface area contributed by atoms with Crippen molar-refractivity contribution < 1.29 is 53.9 Å². The zero-order valence-corrected chi connectivity index (χ0v) is 10.5. The molecule has 1 rings (SSSR count). The maximum Gasteiger partial charge on any atom is 0.308 e. The summed E-state index contributed by atoms with van der Waals surface area (Å²) in [6, 6.07) is 10.3. The SMILES string of the molecule is [CH-]=C[I+]c1ccccc1.[Y]. The van der Waals surface area contributed by atoms with E-state index in [2.05, 4.69) is 12.1 Å². The third-order valence-electron chi connectivity index (χ3n) is 0.922. The van der Waals surface area contributed by atoms with Crippen LogP contribution in [0.1, 0.15) is 0 Å². The molecule has 0 saturated heterocycles. The Bertz CT molecular complexity index is 184. The van der Waals surface area contributed by atoms with Gasteiger partial charge in [0.15, 0.2) is 3.57 Å². The molecule has 0 nitrogen and oxygen atoms in total. The van der Waals surface area contributed by atoms with Crippen molar-refractivity contribution in [3.8, 4) is 0 Å². The van der Waals surface area contributed by atoms with Gasteiger partial charge in [-0.25, -0.2) is 0 Å². The van der Waals surface area contributed by atoms with Gasteiger partial charge in [0, 0.05) is 32.7 Å². The summed E-state index contributed by atoms with van der Waals surface area (Å²) in [7, 11) is 0. The van der Waals surface area contributed by atoms with Gasteiger partial charge in [-0.3, -0.25) is 0 Å². The summed E-state index contributed by atoms with van der Waals surface area (Å²) in [4.78, 5) is 0. The van der Waals surface area contributed by atoms with Crippen molar-refractivity contribution in [3.63, 3.8) is 0 Å². The number of rotatable bonds is 2. The zero-order chi connectivity index (χ0) is 6.53.